The third-order valence-corrected chi connectivity index (χ3v) is 5.31. The maximum atomic E-state index is 12.4. The van der Waals surface area contributed by atoms with E-state index in [9.17, 15) is 4.79 Å². The van der Waals surface area contributed by atoms with E-state index in [2.05, 4.69) is 31.0 Å². The Balaban J connectivity index is 1.80. The first-order valence-electron chi connectivity index (χ1n) is 8.53. The summed E-state index contributed by atoms with van der Waals surface area (Å²) in [7, 11) is 0. The standard InChI is InChI=1S/C19H29ClN2O/c1-14(22-11-9-16(10-12-22)19(2,3)4)18(23)21-13-15-5-7-17(20)8-6-15/h5-8,14,16H,9-13H2,1-4H3,(H,21,23). The highest BCUT2D eigenvalue weighted by Gasteiger charge is 2.31. The van der Waals surface area contributed by atoms with E-state index in [4.69, 9.17) is 11.6 Å². The molecule has 4 heteroatoms. The molecule has 2 rings (SSSR count). The second kappa shape index (κ2) is 7.67. The molecular weight excluding hydrogens is 308 g/mol. The molecule has 1 aliphatic rings. The molecule has 0 radical (unpaired) electrons. The van der Waals surface area contributed by atoms with E-state index in [1.807, 2.05) is 31.2 Å². The molecule has 1 aromatic rings. The van der Waals surface area contributed by atoms with Crippen molar-refractivity contribution in [1.29, 1.82) is 0 Å². The maximum absolute atomic E-state index is 12.4. The van der Waals surface area contributed by atoms with Crippen LogP contribution >= 0.6 is 11.6 Å². The van der Waals surface area contributed by atoms with Crippen molar-refractivity contribution in [2.45, 2.75) is 53.1 Å². The van der Waals surface area contributed by atoms with Crippen LogP contribution in [0, 0.1) is 11.3 Å². The molecule has 0 aromatic heterocycles. The maximum Gasteiger partial charge on any atom is 0.237 e. The first kappa shape index (κ1) is 18.3. The third-order valence-electron chi connectivity index (χ3n) is 5.06. The van der Waals surface area contributed by atoms with Crippen LogP contribution in [0.25, 0.3) is 0 Å². The van der Waals surface area contributed by atoms with Crippen molar-refractivity contribution in [2.24, 2.45) is 11.3 Å². The van der Waals surface area contributed by atoms with Gasteiger partial charge in [0.1, 0.15) is 0 Å². The fraction of sp³-hybridized carbons (Fsp3) is 0.632. The number of rotatable bonds is 4. The fourth-order valence-electron chi connectivity index (χ4n) is 3.26. The van der Waals surface area contributed by atoms with E-state index in [0.717, 1.165) is 29.6 Å². The van der Waals surface area contributed by atoms with Gasteiger partial charge < -0.3 is 5.32 Å². The van der Waals surface area contributed by atoms with Crippen LogP contribution in [0.5, 0.6) is 0 Å². The summed E-state index contributed by atoms with van der Waals surface area (Å²) in [5.41, 5.74) is 1.44. The predicted octanol–water partition coefficient (Wildman–Crippen LogP) is 4.10. The molecule has 1 heterocycles. The number of benzene rings is 1. The minimum Gasteiger partial charge on any atom is -0.351 e. The summed E-state index contributed by atoms with van der Waals surface area (Å²) >= 11 is 5.88. The van der Waals surface area contributed by atoms with Gasteiger partial charge in [-0.3, -0.25) is 9.69 Å². The Kier molecular flexibility index (Phi) is 6.10. The van der Waals surface area contributed by atoms with Gasteiger partial charge in [0.2, 0.25) is 5.91 Å². The summed E-state index contributed by atoms with van der Waals surface area (Å²) < 4.78 is 0. The van der Waals surface area contributed by atoms with Crippen molar-refractivity contribution in [3.63, 3.8) is 0 Å². The van der Waals surface area contributed by atoms with Crippen LogP contribution in [0.4, 0.5) is 0 Å². The highest BCUT2D eigenvalue weighted by Crippen LogP contribution is 2.34. The number of likely N-dealkylation sites (tertiary alicyclic amines) is 1. The molecule has 0 bridgehead atoms. The van der Waals surface area contributed by atoms with Crippen molar-refractivity contribution in [3.8, 4) is 0 Å². The second-order valence-electron chi connectivity index (χ2n) is 7.70. The van der Waals surface area contributed by atoms with Gasteiger partial charge in [-0.2, -0.15) is 0 Å². The summed E-state index contributed by atoms with van der Waals surface area (Å²) in [5, 5.41) is 3.75. The molecule has 1 saturated heterocycles. The van der Waals surface area contributed by atoms with Gasteiger partial charge in [-0.15, -0.1) is 0 Å². The number of nitrogens with zero attached hydrogens (tertiary/aromatic N) is 1. The lowest BCUT2D eigenvalue weighted by molar-refractivity contribution is -0.126. The smallest absolute Gasteiger partial charge is 0.237 e. The lowest BCUT2D eigenvalue weighted by Crippen LogP contribution is -2.49. The molecule has 1 amide bonds. The van der Waals surface area contributed by atoms with Crippen molar-refractivity contribution in [2.75, 3.05) is 13.1 Å². The van der Waals surface area contributed by atoms with Gasteiger partial charge >= 0.3 is 0 Å². The first-order chi connectivity index (χ1) is 10.8. The molecule has 0 spiro atoms. The average Bonchev–Trinajstić information content (AvgIpc) is 2.52. The summed E-state index contributed by atoms with van der Waals surface area (Å²) in [5.74, 6) is 0.859. The Morgan fingerprint density at radius 1 is 1.26 bits per heavy atom. The molecular formula is C19H29ClN2O. The normalized spacial score (nSPS) is 18.7. The van der Waals surface area contributed by atoms with E-state index in [1.54, 1.807) is 0 Å². The Morgan fingerprint density at radius 3 is 2.35 bits per heavy atom. The van der Waals surface area contributed by atoms with Crippen LogP contribution in [0.2, 0.25) is 5.02 Å². The lowest BCUT2D eigenvalue weighted by atomic mass is 9.75. The minimum atomic E-state index is -0.0665. The molecule has 1 N–H and O–H groups in total. The van der Waals surface area contributed by atoms with Gasteiger partial charge in [0.25, 0.3) is 0 Å². The summed E-state index contributed by atoms with van der Waals surface area (Å²) in [6, 6.07) is 7.53. The largest absolute Gasteiger partial charge is 0.351 e. The van der Waals surface area contributed by atoms with Gasteiger partial charge in [-0.25, -0.2) is 0 Å². The van der Waals surface area contributed by atoms with Crippen molar-refractivity contribution < 1.29 is 4.79 Å². The Morgan fingerprint density at radius 2 is 1.83 bits per heavy atom. The fourth-order valence-corrected chi connectivity index (χ4v) is 3.38. The lowest BCUT2D eigenvalue weighted by Gasteiger charge is -2.40. The van der Waals surface area contributed by atoms with E-state index < -0.39 is 0 Å². The van der Waals surface area contributed by atoms with Crippen LogP contribution in [0.15, 0.2) is 24.3 Å². The van der Waals surface area contributed by atoms with E-state index in [-0.39, 0.29) is 11.9 Å². The third kappa shape index (κ3) is 5.22. The molecule has 23 heavy (non-hydrogen) atoms. The number of carbonyl (C=O) groups excluding carboxylic acids is 1. The van der Waals surface area contributed by atoms with Crippen LogP contribution in [-0.4, -0.2) is 29.9 Å². The van der Waals surface area contributed by atoms with Gasteiger partial charge in [0.05, 0.1) is 6.04 Å². The highest BCUT2D eigenvalue weighted by atomic mass is 35.5. The SMILES string of the molecule is CC(C(=O)NCc1ccc(Cl)cc1)N1CCC(C(C)(C)C)CC1. The number of hydrogen-bond acceptors (Lipinski definition) is 2. The Hall–Kier alpha value is -1.06. The number of hydrogen-bond donors (Lipinski definition) is 1. The average molecular weight is 337 g/mol. The minimum absolute atomic E-state index is 0.0665. The summed E-state index contributed by atoms with van der Waals surface area (Å²) in [6.07, 6.45) is 2.36. The van der Waals surface area contributed by atoms with Crippen molar-refractivity contribution in [1.82, 2.24) is 10.2 Å². The molecule has 0 aliphatic carbocycles. The van der Waals surface area contributed by atoms with Gasteiger partial charge in [0.15, 0.2) is 0 Å². The van der Waals surface area contributed by atoms with Crippen LogP contribution < -0.4 is 5.32 Å². The Labute approximate surface area is 145 Å². The van der Waals surface area contributed by atoms with Crippen molar-refractivity contribution in [3.05, 3.63) is 34.9 Å². The second-order valence-corrected chi connectivity index (χ2v) is 8.13. The molecule has 3 nitrogen and oxygen atoms in total. The summed E-state index contributed by atoms with van der Waals surface area (Å²) in [4.78, 5) is 14.7. The van der Waals surface area contributed by atoms with E-state index in [1.165, 1.54) is 12.8 Å². The number of piperidine rings is 1. The number of carbonyl (C=O) groups is 1. The molecule has 1 fully saturated rings. The molecule has 0 saturated carbocycles. The van der Waals surface area contributed by atoms with Gasteiger partial charge in [0, 0.05) is 11.6 Å². The zero-order chi connectivity index (χ0) is 17.0. The number of amides is 1. The van der Waals surface area contributed by atoms with Crippen LogP contribution in [0.1, 0.15) is 46.1 Å². The topological polar surface area (TPSA) is 32.3 Å². The quantitative estimate of drug-likeness (QED) is 0.897. The van der Waals surface area contributed by atoms with Gasteiger partial charge in [-0.1, -0.05) is 44.5 Å². The van der Waals surface area contributed by atoms with E-state index >= 15 is 0 Å². The van der Waals surface area contributed by atoms with Crippen LogP contribution in [0.3, 0.4) is 0 Å². The predicted molar refractivity (Wildman–Crippen MR) is 96.5 cm³/mol. The molecule has 1 unspecified atom stereocenters. The van der Waals surface area contributed by atoms with Crippen LogP contribution in [-0.2, 0) is 11.3 Å². The zero-order valence-electron chi connectivity index (χ0n) is 14.7. The molecule has 1 atom stereocenters. The Bertz CT molecular complexity index is 513. The molecule has 128 valence electrons. The molecule has 1 aromatic carbocycles. The summed E-state index contributed by atoms with van der Waals surface area (Å²) in [6.45, 7) is 11.5. The number of nitrogens with one attached hydrogen (secondary N) is 1. The zero-order valence-corrected chi connectivity index (χ0v) is 15.5. The van der Waals surface area contributed by atoms with Gasteiger partial charge in [-0.05, 0) is 61.9 Å². The number of halogens is 1. The van der Waals surface area contributed by atoms with Crippen molar-refractivity contribution >= 4 is 17.5 Å². The monoisotopic (exact) mass is 336 g/mol. The van der Waals surface area contributed by atoms with E-state index in [0.29, 0.717) is 12.0 Å². The highest BCUT2D eigenvalue weighted by molar-refractivity contribution is 6.30. The first-order valence-corrected chi connectivity index (χ1v) is 8.91. The molecule has 1 aliphatic heterocycles.